The van der Waals surface area contributed by atoms with Crippen LogP contribution in [-0.2, 0) is 9.53 Å². The molecule has 0 aromatic carbocycles. The molecule has 0 amide bonds. The van der Waals surface area contributed by atoms with Crippen LogP contribution in [0.3, 0.4) is 0 Å². The third kappa shape index (κ3) is 3.21. The minimum atomic E-state index is -0.131. The minimum absolute atomic E-state index is 0.131. The van der Waals surface area contributed by atoms with Gasteiger partial charge in [-0.25, -0.2) is 4.79 Å². The molecule has 1 saturated carbocycles. The van der Waals surface area contributed by atoms with Gasteiger partial charge in [-0.2, -0.15) is 0 Å². The molecule has 1 fully saturated rings. The van der Waals surface area contributed by atoms with Gasteiger partial charge in [-0.3, -0.25) is 0 Å². The zero-order chi connectivity index (χ0) is 9.68. The fraction of sp³-hybridized carbons (Fsp3) is 0.727. The van der Waals surface area contributed by atoms with Crippen molar-refractivity contribution in [1.82, 2.24) is 0 Å². The van der Waals surface area contributed by atoms with Crippen molar-refractivity contribution in [3.8, 4) is 0 Å². The topological polar surface area (TPSA) is 26.3 Å². The number of ether oxygens (including phenoxy) is 1. The summed E-state index contributed by atoms with van der Waals surface area (Å²) < 4.78 is 5.32. The second kappa shape index (κ2) is 5.05. The molecule has 1 aliphatic carbocycles. The summed E-state index contributed by atoms with van der Waals surface area (Å²) in [6, 6.07) is 0. The van der Waals surface area contributed by atoms with Crippen molar-refractivity contribution in [3.63, 3.8) is 0 Å². The van der Waals surface area contributed by atoms with Crippen molar-refractivity contribution < 1.29 is 9.53 Å². The highest BCUT2D eigenvalue weighted by atomic mass is 16.5. The first-order valence-corrected chi connectivity index (χ1v) is 5.11. The molecule has 2 nitrogen and oxygen atoms in total. The van der Waals surface area contributed by atoms with Crippen molar-refractivity contribution in [1.29, 1.82) is 0 Å². The van der Waals surface area contributed by atoms with Gasteiger partial charge >= 0.3 is 5.97 Å². The van der Waals surface area contributed by atoms with Gasteiger partial charge in [-0.1, -0.05) is 13.0 Å². The number of hydrogen-bond acceptors (Lipinski definition) is 2. The maximum absolute atomic E-state index is 11.4. The Bertz CT molecular complexity index is 200. The van der Waals surface area contributed by atoms with E-state index in [0.717, 1.165) is 24.8 Å². The number of carbonyl (C=O) groups is 1. The summed E-state index contributed by atoms with van der Waals surface area (Å²) in [7, 11) is 0. The van der Waals surface area contributed by atoms with Crippen LogP contribution in [0, 0.1) is 0 Å². The van der Waals surface area contributed by atoms with Gasteiger partial charge in [0.2, 0.25) is 0 Å². The molecular formula is C11H18O2. The lowest BCUT2D eigenvalue weighted by molar-refractivity contribution is -0.143. The first-order valence-electron chi connectivity index (χ1n) is 5.11. The van der Waals surface area contributed by atoms with E-state index in [4.69, 9.17) is 4.74 Å². The SMILES string of the molecule is CC/C=C(\C)C(=O)OC1CCCC1. The van der Waals surface area contributed by atoms with Gasteiger partial charge in [0.15, 0.2) is 0 Å². The van der Waals surface area contributed by atoms with E-state index in [1.165, 1.54) is 12.8 Å². The quantitative estimate of drug-likeness (QED) is 0.495. The lowest BCUT2D eigenvalue weighted by atomic mass is 10.2. The van der Waals surface area contributed by atoms with Crippen LogP contribution < -0.4 is 0 Å². The van der Waals surface area contributed by atoms with Crippen LogP contribution in [-0.4, -0.2) is 12.1 Å². The van der Waals surface area contributed by atoms with Crippen LogP contribution in [0.2, 0.25) is 0 Å². The third-order valence-electron chi connectivity index (χ3n) is 2.41. The zero-order valence-corrected chi connectivity index (χ0v) is 8.51. The van der Waals surface area contributed by atoms with Crippen LogP contribution in [0.4, 0.5) is 0 Å². The summed E-state index contributed by atoms with van der Waals surface area (Å²) in [5.41, 5.74) is 0.745. The Kier molecular flexibility index (Phi) is 4.00. The molecule has 0 spiro atoms. The molecule has 1 aliphatic rings. The van der Waals surface area contributed by atoms with Crippen molar-refractivity contribution in [3.05, 3.63) is 11.6 Å². The summed E-state index contributed by atoms with van der Waals surface area (Å²) in [5.74, 6) is -0.131. The first-order chi connectivity index (χ1) is 6.24. The second-order valence-corrected chi connectivity index (χ2v) is 3.61. The Balaban J connectivity index is 2.35. The molecule has 0 bridgehead atoms. The van der Waals surface area contributed by atoms with Gasteiger partial charge < -0.3 is 4.74 Å². The predicted octanol–water partition coefficient (Wildman–Crippen LogP) is 2.83. The summed E-state index contributed by atoms with van der Waals surface area (Å²) >= 11 is 0. The Morgan fingerprint density at radius 3 is 2.62 bits per heavy atom. The van der Waals surface area contributed by atoms with Crippen LogP contribution in [0.1, 0.15) is 46.0 Å². The van der Waals surface area contributed by atoms with Crippen LogP contribution in [0.15, 0.2) is 11.6 Å². The predicted molar refractivity (Wildman–Crippen MR) is 52.4 cm³/mol. The molecule has 0 atom stereocenters. The van der Waals surface area contributed by atoms with Gasteiger partial charge in [0.05, 0.1) is 0 Å². The van der Waals surface area contributed by atoms with E-state index < -0.39 is 0 Å². The summed E-state index contributed by atoms with van der Waals surface area (Å²) in [6.07, 6.45) is 7.50. The molecule has 0 N–H and O–H groups in total. The number of carbonyl (C=O) groups excluding carboxylic acids is 1. The Labute approximate surface area is 80.0 Å². The van der Waals surface area contributed by atoms with Crippen molar-refractivity contribution in [2.45, 2.75) is 52.1 Å². The molecule has 0 aromatic heterocycles. The molecule has 0 unspecified atom stereocenters. The average Bonchev–Trinajstić information content (AvgIpc) is 2.57. The van der Waals surface area contributed by atoms with Crippen LogP contribution in [0.5, 0.6) is 0 Å². The van der Waals surface area contributed by atoms with Crippen LogP contribution in [0.25, 0.3) is 0 Å². The van der Waals surface area contributed by atoms with E-state index in [1.54, 1.807) is 0 Å². The van der Waals surface area contributed by atoms with E-state index in [9.17, 15) is 4.79 Å². The normalized spacial score (nSPS) is 19.1. The number of esters is 1. The molecule has 13 heavy (non-hydrogen) atoms. The monoisotopic (exact) mass is 182 g/mol. The standard InChI is InChI=1S/C11H18O2/c1-3-6-9(2)11(12)13-10-7-4-5-8-10/h6,10H,3-5,7-8H2,1-2H3/b9-6+. The molecule has 74 valence electrons. The van der Waals surface area contributed by atoms with Gasteiger partial charge in [-0.05, 0) is 39.0 Å². The smallest absolute Gasteiger partial charge is 0.333 e. The summed E-state index contributed by atoms with van der Waals surface area (Å²) in [4.78, 5) is 11.4. The maximum atomic E-state index is 11.4. The molecular weight excluding hydrogens is 164 g/mol. The Hall–Kier alpha value is -0.790. The highest BCUT2D eigenvalue weighted by molar-refractivity contribution is 5.87. The minimum Gasteiger partial charge on any atom is -0.459 e. The van der Waals surface area contributed by atoms with E-state index in [2.05, 4.69) is 0 Å². The van der Waals surface area contributed by atoms with Gasteiger partial charge in [0.1, 0.15) is 6.10 Å². The van der Waals surface area contributed by atoms with E-state index in [0.29, 0.717) is 0 Å². The largest absolute Gasteiger partial charge is 0.459 e. The number of allylic oxidation sites excluding steroid dienone is 1. The van der Waals surface area contributed by atoms with E-state index in [-0.39, 0.29) is 12.1 Å². The van der Waals surface area contributed by atoms with E-state index in [1.807, 2.05) is 19.9 Å². The van der Waals surface area contributed by atoms with Gasteiger partial charge in [0.25, 0.3) is 0 Å². The number of rotatable bonds is 3. The van der Waals surface area contributed by atoms with Gasteiger partial charge in [0, 0.05) is 5.57 Å². The van der Waals surface area contributed by atoms with Crippen molar-refractivity contribution in [2.75, 3.05) is 0 Å². The molecule has 1 rings (SSSR count). The number of hydrogen-bond donors (Lipinski definition) is 0. The average molecular weight is 182 g/mol. The van der Waals surface area contributed by atoms with Crippen LogP contribution >= 0.6 is 0 Å². The lowest BCUT2D eigenvalue weighted by Gasteiger charge is -2.10. The van der Waals surface area contributed by atoms with Crippen molar-refractivity contribution >= 4 is 5.97 Å². The zero-order valence-electron chi connectivity index (χ0n) is 8.51. The highest BCUT2D eigenvalue weighted by Crippen LogP contribution is 2.21. The van der Waals surface area contributed by atoms with Gasteiger partial charge in [-0.15, -0.1) is 0 Å². The molecule has 0 radical (unpaired) electrons. The third-order valence-corrected chi connectivity index (χ3v) is 2.41. The lowest BCUT2D eigenvalue weighted by Crippen LogP contribution is -2.15. The second-order valence-electron chi connectivity index (χ2n) is 3.61. The molecule has 0 heterocycles. The summed E-state index contributed by atoms with van der Waals surface area (Å²) in [6.45, 7) is 3.84. The van der Waals surface area contributed by atoms with E-state index >= 15 is 0 Å². The Morgan fingerprint density at radius 1 is 1.46 bits per heavy atom. The summed E-state index contributed by atoms with van der Waals surface area (Å²) in [5, 5.41) is 0. The highest BCUT2D eigenvalue weighted by Gasteiger charge is 2.19. The van der Waals surface area contributed by atoms with Crippen molar-refractivity contribution in [2.24, 2.45) is 0 Å². The molecule has 0 saturated heterocycles. The molecule has 0 aliphatic heterocycles. The molecule has 0 aromatic rings. The molecule has 2 heteroatoms. The maximum Gasteiger partial charge on any atom is 0.333 e. The first kappa shape index (κ1) is 10.3. The Morgan fingerprint density at radius 2 is 2.08 bits per heavy atom. The fourth-order valence-corrected chi connectivity index (χ4v) is 1.64. The fourth-order valence-electron chi connectivity index (χ4n) is 1.64.